The normalized spacial score (nSPS) is 13.5. The van der Waals surface area contributed by atoms with Gasteiger partial charge >= 0.3 is 0 Å². The van der Waals surface area contributed by atoms with Crippen LogP contribution in [-0.2, 0) is 4.79 Å². The van der Waals surface area contributed by atoms with Crippen molar-refractivity contribution in [3.8, 4) is 0 Å². The molecule has 0 saturated carbocycles. The van der Waals surface area contributed by atoms with E-state index in [1.165, 1.54) is 5.57 Å². The van der Waals surface area contributed by atoms with Gasteiger partial charge in [-0.15, -0.1) is 0 Å². The Morgan fingerprint density at radius 1 is 1.17 bits per heavy atom. The van der Waals surface area contributed by atoms with Gasteiger partial charge in [0, 0.05) is 12.1 Å². The van der Waals surface area contributed by atoms with Crippen LogP contribution in [0.25, 0.3) is 0 Å². The molecule has 0 unspecified atom stereocenters. The molecule has 0 heterocycles. The van der Waals surface area contributed by atoms with Crippen LogP contribution in [0.1, 0.15) is 41.0 Å². The molecule has 0 bridgehead atoms. The van der Waals surface area contributed by atoms with Gasteiger partial charge in [-0.05, 0) is 39.7 Å². The van der Waals surface area contributed by atoms with Gasteiger partial charge in [0.2, 0.25) is 5.91 Å². The summed E-state index contributed by atoms with van der Waals surface area (Å²) in [5.74, 6) is -0.0191. The van der Waals surface area contributed by atoms with Crippen LogP contribution in [0.5, 0.6) is 0 Å². The Labute approximate surface area is 111 Å². The molecule has 2 nitrogen and oxygen atoms in total. The van der Waals surface area contributed by atoms with E-state index < -0.39 is 0 Å². The number of hydrogen-bond acceptors (Lipinski definition) is 1. The average Bonchev–Trinajstić information content (AvgIpc) is 2.40. The van der Waals surface area contributed by atoms with Crippen LogP contribution in [0.15, 0.2) is 47.1 Å². The molecule has 0 atom stereocenters. The largest absolute Gasteiger partial charge is 0.348 e. The highest BCUT2D eigenvalue weighted by atomic mass is 16.1. The van der Waals surface area contributed by atoms with Crippen molar-refractivity contribution >= 4 is 5.91 Å². The first-order valence-electron chi connectivity index (χ1n) is 6.38. The SMILES string of the molecule is C=C(/C=C(CNC(=O)/C(C)=C/C)\C(C)=C/C)CC. The second-order valence-electron chi connectivity index (χ2n) is 4.31. The van der Waals surface area contributed by atoms with Crippen molar-refractivity contribution in [2.24, 2.45) is 0 Å². The van der Waals surface area contributed by atoms with Crippen LogP contribution < -0.4 is 5.32 Å². The van der Waals surface area contributed by atoms with Crippen molar-refractivity contribution in [3.63, 3.8) is 0 Å². The van der Waals surface area contributed by atoms with Gasteiger partial charge in [0.15, 0.2) is 0 Å². The van der Waals surface area contributed by atoms with Crippen molar-refractivity contribution in [1.82, 2.24) is 5.32 Å². The lowest BCUT2D eigenvalue weighted by molar-refractivity contribution is -0.117. The molecular weight excluding hydrogens is 222 g/mol. The van der Waals surface area contributed by atoms with Crippen LogP contribution in [-0.4, -0.2) is 12.5 Å². The van der Waals surface area contributed by atoms with Crippen LogP contribution in [0.4, 0.5) is 0 Å². The summed E-state index contributed by atoms with van der Waals surface area (Å²) < 4.78 is 0. The number of amides is 1. The lowest BCUT2D eigenvalue weighted by atomic mass is 10.0. The van der Waals surface area contributed by atoms with E-state index in [0.29, 0.717) is 6.54 Å². The molecule has 0 aromatic heterocycles. The number of carbonyl (C=O) groups is 1. The highest BCUT2D eigenvalue weighted by molar-refractivity contribution is 5.92. The third-order valence-electron chi connectivity index (χ3n) is 3.00. The Morgan fingerprint density at radius 3 is 2.17 bits per heavy atom. The summed E-state index contributed by atoms with van der Waals surface area (Å²) in [6, 6.07) is 0. The Hall–Kier alpha value is -1.57. The lowest BCUT2D eigenvalue weighted by Crippen LogP contribution is -2.26. The first-order valence-corrected chi connectivity index (χ1v) is 6.38. The number of rotatable bonds is 6. The van der Waals surface area contributed by atoms with Crippen LogP contribution in [0.3, 0.4) is 0 Å². The predicted molar refractivity (Wildman–Crippen MR) is 79.4 cm³/mol. The third kappa shape index (κ3) is 5.67. The Balaban J connectivity index is 4.79. The minimum absolute atomic E-state index is 0.0191. The number of allylic oxidation sites excluding steroid dienone is 4. The number of nitrogens with one attached hydrogen (secondary N) is 1. The molecule has 1 N–H and O–H groups in total. The van der Waals surface area contributed by atoms with Gasteiger partial charge in [0.05, 0.1) is 0 Å². The zero-order valence-electron chi connectivity index (χ0n) is 12.3. The molecule has 0 fully saturated rings. The van der Waals surface area contributed by atoms with E-state index >= 15 is 0 Å². The minimum atomic E-state index is -0.0191. The summed E-state index contributed by atoms with van der Waals surface area (Å²) in [7, 11) is 0. The van der Waals surface area contributed by atoms with Crippen molar-refractivity contribution in [3.05, 3.63) is 47.1 Å². The molecule has 18 heavy (non-hydrogen) atoms. The van der Waals surface area contributed by atoms with Gasteiger partial charge in [0.25, 0.3) is 0 Å². The van der Waals surface area contributed by atoms with E-state index in [9.17, 15) is 4.79 Å². The number of hydrogen-bond donors (Lipinski definition) is 1. The van der Waals surface area contributed by atoms with Gasteiger partial charge in [-0.1, -0.05) is 42.9 Å². The zero-order valence-corrected chi connectivity index (χ0v) is 12.3. The standard InChI is InChI=1S/C16H25NO/c1-7-12(4)10-15(13(5)8-2)11-17-16(18)14(6)9-3/h8-10H,4,7,11H2,1-3,5-6H3,(H,17,18)/b13-8-,14-9+,15-10-. The summed E-state index contributed by atoms with van der Waals surface area (Å²) in [4.78, 5) is 11.7. The van der Waals surface area contributed by atoms with E-state index in [-0.39, 0.29) is 5.91 Å². The monoisotopic (exact) mass is 247 g/mol. The molecular formula is C16H25NO. The zero-order chi connectivity index (χ0) is 14.1. The van der Waals surface area contributed by atoms with Gasteiger partial charge in [-0.25, -0.2) is 0 Å². The molecule has 0 radical (unpaired) electrons. The van der Waals surface area contributed by atoms with Crippen molar-refractivity contribution in [1.29, 1.82) is 0 Å². The highest BCUT2D eigenvalue weighted by Gasteiger charge is 2.05. The Morgan fingerprint density at radius 2 is 1.72 bits per heavy atom. The van der Waals surface area contributed by atoms with E-state index in [4.69, 9.17) is 0 Å². The summed E-state index contributed by atoms with van der Waals surface area (Å²) in [5.41, 5.74) is 4.09. The molecule has 100 valence electrons. The fourth-order valence-corrected chi connectivity index (χ4v) is 1.28. The van der Waals surface area contributed by atoms with Crippen LogP contribution in [0.2, 0.25) is 0 Å². The fraction of sp³-hybridized carbons (Fsp3) is 0.438. The average molecular weight is 247 g/mol. The summed E-state index contributed by atoms with van der Waals surface area (Å²) >= 11 is 0. The van der Waals surface area contributed by atoms with Crippen molar-refractivity contribution in [2.45, 2.75) is 41.0 Å². The van der Waals surface area contributed by atoms with Crippen LogP contribution in [0, 0.1) is 0 Å². The first kappa shape index (κ1) is 16.4. The lowest BCUT2D eigenvalue weighted by Gasteiger charge is -2.11. The fourth-order valence-electron chi connectivity index (χ4n) is 1.28. The quantitative estimate of drug-likeness (QED) is 0.559. The molecule has 0 aliphatic carbocycles. The van der Waals surface area contributed by atoms with Gasteiger partial charge in [0.1, 0.15) is 0 Å². The second kappa shape index (κ2) is 8.51. The number of carbonyl (C=O) groups excluding carboxylic acids is 1. The molecule has 0 spiro atoms. The predicted octanol–water partition coefficient (Wildman–Crippen LogP) is 3.93. The van der Waals surface area contributed by atoms with E-state index in [2.05, 4.69) is 24.9 Å². The Kier molecular flexibility index (Phi) is 7.77. The molecule has 1 amide bonds. The maximum absolute atomic E-state index is 11.7. The van der Waals surface area contributed by atoms with Crippen molar-refractivity contribution < 1.29 is 4.79 Å². The molecule has 2 heteroatoms. The summed E-state index contributed by atoms with van der Waals surface area (Å²) in [6.07, 6.45) is 6.83. The van der Waals surface area contributed by atoms with Gasteiger partial charge in [-0.2, -0.15) is 0 Å². The summed E-state index contributed by atoms with van der Waals surface area (Å²) in [5, 5.41) is 2.92. The van der Waals surface area contributed by atoms with Crippen LogP contribution >= 0.6 is 0 Å². The molecule has 0 aromatic rings. The van der Waals surface area contributed by atoms with Gasteiger partial charge in [-0.3, -0.25) is 4.79 Å². The molecule has 0 rings (SSSR count). The van der Waals surface area contributed by atoms with Gasteiger partial charge < -0.3 is 5.32 Å². The topological polar surface area (TPSA) is 29.1 Å². The molecule has 0 aliphatic rings. The minimum Gasteiger partial charge on any atom is -0.348 e. The summed E-state index contributed by atoms with van der Waals surface area (Å²) in [6.45, 7) is 14.3. The van der Waals surface area contributed by atoms with Crippen molar-refractivity contribution in [2.75, 3.05) is 6.54 Å². The van der Waals surface area contributed by atoms with E-state index in [1.807, 2.05) is 39.8 Å². The molecule has 0 aliphatic heterocycles. The molecule has 0 saturated heterocycles. The second-order valence-corrected chi connectivity index (χ2v) is 4.31. The Bertz CT molecular complexity index is 397. The first-order chi connectivity index (χ1) is 8.46. The molecule has 0 aromatic carbocycles. The van der Waals surface area contributed by atoms with E-state index in [1.54, 1.807) is 0 Å². The maximum Gasteiger partial charge on any atom is 0.246 e. The maximum atomic E-state index is 11.7. The van der Waals surface area contributed by atoms with E-state index in [0.717, 1.165) is 23.1 Å². The smallest absolute Gasteiger partial charge is 0.246 e. The highest BCUT2D eigenvalue weighted by Crippen LogP contribution is 2.12. The third-order valence-corrected chi connectivity index (χ3v) is 3.00.